The molecular weight excluding hydrogens is 262 g/mol. The van der Waals surface area contributed by atoms with E-state index < -0.39 is 0 Å². The van der Waals surface area contributed by atoms with Gasteiger partial charge in [0.2, 0.25) is 5.91 Å². The third-order valence-corrected chi connectivity index (χ3v) is 2.72. The molecule has 94 valence electrons. The Hall–Kier alpha value is -2.38. The molecule has 0 aliphatic rings. The van der Waals surface area contributed by atoms with Crippen molar-refractivity contribution < 1.29 is 4.79 Å². The topological polar surface area (TPSA) is 65.8 Å². The summed E-state index contributed by atoms with van der Waals surface area (Å²) in [6.07, 6.45) is 3.34. The number of pyridine rings is 1. The van der Waals surface area contributed by atoms with Crippen LogP contribution in [0, 0.1) is 11.3 Å². The number of aromatic nitrogens is 1. The van der Waals surface area contributed by atoms with Gasteiger partial charge in [0.25, 0.3) is 0 Å². The number of carbonyl (C=O) groups excluding carboxylic acids is 1. The molecule has 0 atom stereocenters. The number of nitrogens with one attached hydrogen (secondary N) is 1. The average Bonchev–Trinajstić information content (AvgIpc) is 2.47. The van der Waals surface area contributed by atoms with Crippen molar-refractivity contribution in [2.75, 3.05) is 11.2 Å². The number of nitriles is 1. The first kappa shape index (κ1) is 13.1. The fourth-order valence-corrected chi connectivity index (χ4v) is 1.74. The van der Waals surface area contributed by atoms with Crippen molar-refractivity contribution >= 4 is 23.2 Å². The summed E-state index contributed by atoms with van der Waals surface area (Å²) in [5, 5.41) is 11.7. The number of halogens is 1. The zero-order chi connectivity index (χ0) is 13.7. The Morgan fingerprint density at radius 2 is 2.00 bits per heavy atom. The van der Waals surface area contributed by atoms with Crippen LogP contribution in [0.4, 0.5) is 5.69 Å². The molecule has 0 spiro atoms. The molecule has 0 bridgehead atoms. The highest BCUT2D eigenvalue weighted by atomic mass is 35.5. The van der Waals surface area contributed by atoms with Crippen LogP contribution in [0.1, 0.15) is 5.56 Å². The molecule has 0 aliphatic carbocycles. The maximum absolute atomic E-state index is 11.3. The van der Waals surface area contributed by atoms with E-state index in [1.54, 1.807) is 30.6 Å². The number of hydrogen-bond acceptors (Lipinski definition) is 3. The number of rotatable bonds is 3. The first-order valence-corrected chi connectivity index (χ1v) is 6.08. The zero-order valence-electron chi connectivity index (χ0n) is 9.93. The summed E-state index contributed by atoms with van der Waals surface area (Å²) in [7, 11) is 0. The van der Waals surface area contributed by atoms with Gasteiger partial charge in [0.15, 0.2) is 0 Å². The number of benzene rings is 1. The lowest BCUT2D eigenvalue weighted by atomic mass is 10.0. The molecule has 0 saturated heterocycles. The Labute approximate surface area is 115 Å². The van der Waals surface area contributed by atoms with Crippen LogP contribution in [0.15, 0.2) is 42.7 Å². The number of alkyl halides is 1. The van der Waals surface area contributed by atoms with Gasteiger partial charge >= 0.3 is 0 Å². The minimum absolute atomic E-state index is 0.124. The van der Waals surface area contributed by atoms with Crippen molar-refractivity contribution in [1.82, 2.24) is 4.98 Å². The van der Waals surface area contributed by atoms with Gasteiger partial charge in [-0.2, -0.15) is 5.26 Å². The average molecular weight is 272 g/mol. The number of nitrogens with zero attached hydrogens (tertiary/aromatic N) is 2. The lowest BCUT2D eigenvalue weighted by Gasteiger charge is -2.07. The molecule has 1 N–H and O–H groups in total. The highest BCUT2D eigenvalue weighted by Gasteiger charge is 2.05. The van der Waals surface area contributed by atoms with E-state index in [1.807, 2.05) is 12.1 Å². The Morgan fingerprint density at radius 1 is 1.26 bits per heavy atom. The molecule has 0 fully saturated rings. The predicted molar refractivity (Wildman–Crippen MR) is 73.7 cm³/mol. The highest BCUT2D eigenvalue weighted by Crippen LogP contribution is 2.24. The van der Waals surface area contributed by atoms with Crippen LogP contribution in [0.25, 0.3) is 11.1 Å². The van der Waals surface area contributed by atoms with Crippen LogP contribution in [0.3, 0.4) is 0 Å². The van der Waals surface area contributed by atoms with Gasteiger partial charge in [-0.05, 0) is 41.5 Å². The number of hydrogen-bond donors (Lipinski definition) is 1. The molecule has 5 heteroatoms. The van der Waals surface area contributed by atoms with Crippen molar-refractivity contribution in [2.45, 2.75) is 0 Å². The standard InChI is InChI=1S/C14H10ClN3O/c15-8-14(19)18-13-6-10(9-16)5-12(7-13)11-1-3-17-4-2-11/h1-7H,8H2,(H,18,19). The molecule has 1 heterocycles. The monoisotopic (exact) mass is 271 g/mol. The van der Waals surface area contributed by atoms with Crippen LogP contribution in [-0.4, -0.2) is 16.8 Å². The normalized spacial score (nSPS) is 9.68. The van der Waals surface area contributed by atoms with Gasteiger partial charge in [-0.25, -0.2) is 0 Å². The first-order valence-electron chi connectivity index (χ1n) is 5.54. The van der Waals surface area contributed by atoms with Gasteiger partial charge in [-0.15, -0.1) is 11.6 Å². The Morgan fingerprint density at radius 3 is 2.63 bits per heavy atom. The molecule has 0 radical (unpaired) electrons. The van der Waals surface area contributed by atoms with Gasteiger partial charge in [0, 0.05) is 18.1 Å². The van der Waals surface area contributed by atoms with E-state index in [4.69, 9.17) is 16.9 Å². The third-order valence-electron chi connectivity index (χ3n) is 2.48. The predicted octanol–water partition coefficient (Wildman–Crippen LogP) is 2.80. The summed E-state index contributed by atoms with van der Waals surface area (Å²) in [6.45, 7) is 0. The molecule has 1 aromatic heterocycles. The van der Waals surface area contributed by atoms with Crippen LogP contribution in [-0.2, 0) is 4.79 Å². The van der Waals surface area contributed by atoms with Crippen molar-refractivity contribution in [3.8, 4) is 17.2 Å². The Bertz CT molecular complexity index is 635. The molecule has 1 aromatic carbocycles. The second-order valence-corrected chi connectivity index (χ2v) is 4.10. The second kappa shape index (κ2) is 5.98. The van der Waals surface area contributed by atoms with Gasteiger partial charge in [0.05, 0.1) is 11.6 Å². The summed E-state index contributed by atoms with van der Waals surface area (Å²) in [5.74, 6) is -0.432. The van der Waals surface area contributed by atoms with Gasteiger partial charge in [-0.1, -0.05) is 0 Å². The highest BCUT2D eigenvalue weighted by molar-refractivity contribution is 6.29. The SMILES string of the molecule is N#Cc1cc(NC(=O)CCl)cc(-c2ccncc2)c1. The summed E-state index contributed by atoms with van der Waals surface area (Å²) < 4.78 is 0. The Balaban J connectivity index is 2.42. The molecule has 0 unspecified atom stereocenters. The minimum Gasteiger partial charge on any atom is -0.325 e. The Kier molecular flexibility index (Phi) is 4.11. The second-order valence-electron chi connectivity index (χ2n) is 3.83. The number of anilines is 1. The fourth-order valence-electron chi connectivity index (χ4n) is 1.67. The molecule has 0 aliphatic heterocycles. The van der Waals surface area contributed by atoms with Crippen LogP contribution >= 0.6 is 11.6 Å². The van der Waals surface area contributed by atoms with E-state index in [9.17, 15) is 4.79 Å². The smallest absolute Gasteiger partial charge is 0.239 e. The molecule has 19 heavy (non-hydrogen) atoms. The van der Waals surface area contributed by atoms with Gasteiger partial charge in [-0.3, -0.25) is 9.78 Å². The van der Waals surface area contributed by atoms with E-state index in [2.05, 4.69) is 16.4 Å². The first-order chi connectivity index (χ1) is 9.22. The summed E-state index contributed by atoms with van der Waals surface area (Å²) >= 11 is 5.45. The van der Waals surface area contributed by atoms with Crippen molar-refractivity contribution in [2.24, 2.45) is 0 Å². The fraction of sp³-hybridized carbons (Fsp3) is 0.0714. The van der Waals surface area contributed by atoms with Crippen molar-refractivity contribution in [3.05, 3.63) is 48.3 Å². The quantitative estimate of drug-likeness (QED) is 0.873. The van der Waals surface area contributed by atoms with Crippen molar-refractivity contribution in [3.63, 3.8) is 0 Å². The molecule has 2 rings (SSSR count). The molecular formula is C14H10ClN3O. The molecule has 4 nitrogen and oxygen atoms in total. The van der Waals surface area contributed by atoms with Crippen molar-refractivity contribution in [1.29, 1.82) is 5.26 Å². The van der Waals surface area contributed by atoms with Gasteiger partial charge < -0.3 is 5.32 Å². The number of amides is 1. The van der Waals surface area contributed by atoms with Crippen LogP contribution in [0.2, 0.25) is 0 Å². The lowest BCUT2D eigenvalue weighted by Crippen LogP contribution is -2.12. The van der Waals surface area contributed by atoms with Crippen LogP contribution < -0.4 is 5.32 Å². The maximum Gasteiger partial charge on any atom is 0.239 e. The van der Waals surface area contributed by atoms with E-state index in [0.717, 1.165) is 11.1 Å². The van der Waals surface area contributed by atoms with E-state index in [1.165, 1.54) is 0 Å². The minimum atomic E-state index is -0.308. The van der Waals surface area contributed by atoms with E-state index in [0.29, 0.717) is 11.3 Å². The van der Waals surface area contributed by atoms with E-state index >= 15 is 0 Å². The molecule has 0 saturated carbocycles. The summed E-state index contributed by atoms with van der Waals surface area (Å²) in [5.41, 5.74) is 2.79. The number of carbonyl (C=O) groups is 1. The van der Waals surface area contributed by atoms with Gasteiger partial charge in [0.1, 0.15) is 5.88 Å². The third kappa shape index (κ3) is 3.30. The molecule has 1 amide bonds. The maximum atomic E-state index is 11.3. The lowest BCUT2D eigenvalue weighted by molar-refractivity contribution is -0.113. The summed E-state index contributed by atoms with van der Waals surface area (Å²) in [4.78, 5) is 15.2. The summed E-state index contributed by atoms with van der Waals surface area (Å²) in [6, 6.07) is 10.9. The molecule has 2 aromatic rings. The largest absolute Gasteiger partial charge is 0.325 e. The van der Waals surface area contributed by atoms with E-state index in [-0.39, 0.29) is 11.8 Å². The zero-order valence-corrected chi connectivity index (χ0v) is 10.7. The van der Waals surface area contributed by atoms with Crippen LogP contribution in [0.5, 0.6) is 0 Å².